The van der Waals surface area contributed by atoms with Gasteiger partial charge in [-0.15, -0.1) is 0 Å². The van der Waals surface area contributed by atoms with Gasteiger partial charge in [0.1, 0.15) is 18.8 Å². The Bertz CT molecular complexity index is 634. The van der Waals surface area contributed by atoms with Crippen LogP contribution < -0.4 is 5.32 Å². The van der Waals surface area contributed by atoms with Crippen molar-refractivity contribution < 1.29 is 47.7 Å². The molecule has 11 heteroatoms. The molecule has 0 bridgehead atoms. The van der Waals surface area contributed by atoms with E-state index in [9.17, 15) is 24.0 Å². The molecule has 164 valence electrons. The van der Waals surface area contributed by atoms with Crippen LogP contribution in [0.5, 0.6) is 0 Å². The van der Waals surface area contributed by atoms with Crippen LogP contribution in [0.3, 0.4) is 0 Å². The lowest BCUT2D eigenvalue weighted by atomic mass is 9.96. The zero-order chi connectivity index (χ0) is 22.1. The van der Waals surface area contributed by atoms with E-state index in [1.165, 1.54) is 6.92 Å². The molecule has 1 aliphatic rings. The van der Waals surface area contributed by atoms with Crippen LogP contribution in [0.15, 0.2) is 0 Å². The first kappa shape index (κ1) is 24.3. The number of carbonyl (C=O) groups is 5. The summed E-state index contributed by atoms with van der Waals surface area (Å²) in [5.41, 5.74) is 0. The highest BCUT2D eigenvalue weighted by Crippen LogP contribution is 2.28. The maximum absolute atomic E-state index is 12.2. The minimum atomic E-state index is -1.37. The summed E-state index contributed by atoms with van der Waals surface area (Å²) in [6.07, 6.45) is -4.27. The third kappa shape index (κ3) is 8.06. The van der Waals surface area contributed by atoms with Crippen LogP contribution in [0.25, 0.3) is 0 Å². The minimum absolute atomic E-state index is 0.158. The first-order valence-corrected chi connectivity index (χ1v) is 9.15. The van der Waals surface area contributed by atoms with Crippen LogP contribution in [0.2, 0.25) is 0 Å². The maximum atomic E-state index is 12.2. The molecule has 1 fully saturated rings. The van der Waals surface area contributed by atoms with Crippen LogP contribution in [0.4, 0.5) is 0 Å². The number of ether oxygens (including phenoxy) is 5. The number of esters is 4. The number of carbonyl (C=O) groups excluding carboxylic acids is 5. The lowest BCUT2D eigenvalue weighted by molar-refractivity contribution is -0.271. The van der Waals surface area contributed by atoms with E-state index in [0.717, 1.165) is 20.8 Å². The second-order valence-corrected chi connectivity index (χ2v) is 6.45. The second-order valence-electron chi connectivity index (χ2n) is 6.45. The molecular formula is C18H27NO10. The van der Waals surface area contributed by atoms with Gasteiger partial charge in [0.05, 0.1) is 0 Å². The molecule has 0 aliphatic carbocycles. The molecule has 29 heavy (non-hydrogen) atoms. The Morgan fingerprint density at radius 1 is 0.828 bits per heavy atom. The predicted octanol–water partition coefficient (Wildman–Crippen LogP) is -0.0142. The number of rotatable bonds is 8. The summed E-state index contributed by atoms with van der Waals surface area (Å²) < 4.78 is 26.3. The normalized spacial score (nSPS) is 26.0. The molecule has 1 heterocycles. The highest BCUT2D eigenvalue weighted by Gasteiger charge is 2.52. The van der Waals surface area contributed by atoms with Gasteiger partial charge in [0.2, 0.25) is 12.2 Å². The van der Waals surface area contributed by atoms with Gasteiger partial charge in [0.15, 0.2) is 12.2 Å². The third-order valence-corrected chi connectivity index (χ3v) is 3.79. The van der Waals surface area contributed by atoms with E-state index in [0.29, 0.717) is 6.42 Å². The fourth-order valence-electron chi connectivity index (χ4n) is 2.81. The van der Waals surface area contributed by atoms with Gasteiger partial charge in [0.25, 0.3) is 0 Å². The average Bonchev–Trinajstić information content (AvgIpc) is 2.57. The molecule has 0 unspecified atom stereocenters. The van der Waals surface area contributed by atoms with Crippen molar-refractivity contribution in [3.8, 4) is 0 Å². The Kier molecular flexibility index (Phi) is 9.53. The smallest absolute Gasteiger partial charge is 0.305 e. The number of nitrogens with one attached hydrogen (secondary N) is 1. The molecule has 0 saturated carbocycles. The molecule has 5 atom stereocenters. The van der Waals surface area contributed by atoms with Crippen molar-refractivity contribution in [3.63, 3.8) is 0 Å². The van der Waals surface area contributed by atoms with Crippen molar-refractivity contribution in [2.24, 2.45) is 0 Å². The van der Waals surface area contributed by atoms with E-state index < -0.39 is 60.4 Å². The fourth-order valence-corrected chi connectivity index (χ4v) is 2.81. The van der Waals surface area contributed by atoms with Crippen LogP contribution >= 0.6 is 0 Å². The summed E-state index contributed by atoms with van der Waals surface area (Å²) in [4.78, 5) is 58.2. The molecule has 1 amide bonds. The molecular weight excluding hydrogens is 390 g/mol. The second kappa shape index (κ2) is 11.3. The fraction of sp³-hybridized carbons (Fsp3) is 0.722. The van der Waals surface area contributed by atoms with Crippen LogP contribution in [-0.2, 0) is 47.7 Å². The molecule has 11 nitrogen and oxygen atoms in total. The Balaban J connectivity index is 3.31. The van der Waals surface area contributed by atoms with Crippen molar-refractivity contribution in [2.45, 2.75) is 78.1 Å². The van der Waals surface area contributed by atoms with E-state index in [1.807, 2.05) is 0 Å². The first-order valence-electron chi connectivity index (χ1n) is 9.15. The number of hydrogen-bond acceptors (Lipinski definition) is 10. The predicted molar refractivity (Wildman–Crippen MR) is 95.0 cm³/mol. The lowest BCUT2D eigenvalue weighted by Gasteiger charge is -2.44. The Morgan fingerprint density at radius 2 is 1.38 bits per heavy atom. The monoisotopic (exact) mass is 417 g/mol. The summed E-state index contributed by atoms with van der Waals surface area (Å²) in [6.45, 7) is 6.00. The van der Waals surface area contributed by atoms with Crippen molar-refractivity contribution in [1.29, 1.82) is 0 Å². The molecule has 0 aromatic rings. The van der Waals surface area contributed by atoms with E-state index in [4.69, 9.17) is 23.7 Å². The Labute approximate surface area is 168 Å². The lowest BCUT2D eigenvalue weighted by Crippen LogP contribution is -2.67. The molecule has 0 aromatic carbocycles. The van der Waals surface area contributed by atoms with E-state index in [-0.39, 0.29) is 13.0 Å². The topological polar surface area (TPSA) is 144 Å². The highest BCUT2D eigenvalue weighted by molar-refractivity contribution is 5.76. The van der Waals surface area contributed by atoms with Crippen LogP contribution in [0.1, 0.15) is 47.5 Å². The van der Waals surface area contributed by atoms with Gasteiger partial charge < -0.3 is 29.0 Å². The molecule has 0 radical (unpaired) electrons. The molecule has 0 spiro atoms. The van der Waals surface area contributed by atoms with E-state index >= 15 is 0 Å². The zero-order valence-electron chi connectivity index (χ0n) is 17.1. The van der Waals surface area contributed by atoms with Crippen LogP contribution in [-0.4, -0.2) is 67.0 Å². The van der Waals surface area contributed by atoms with E-state index in [2.05, 4.69) is 5.32 Å². The molecule has 1 N–H and O–H groups in total. The summed E-state index contributed by atoms with van der Waals surface area (Å²) in [6, 6.07) is -1.15. The summed E-state index contributed by atoms with van der Waals surface area (Å²) in [7, 11) is 0. The molecule has 0 aromatic heterocycles. The van der Waals surface area contributed by atoms with Gasteiger partial charge in [-0.05, 0) is 6.42 Å². The number of amides is 1. The van der Waals surface area contributed by atoms with E-state index in [1.54, 1.807) is 6.92 Å². The average molecular weight is 417 g/mol. The van der Waals surface area contributed by atoms with Gasteiger partial charge in [-0.25, -0.2) is 0 Å². The largest absolute Gasteiger partial charge is 0.463 e. The standard InChI is InChI=1S/C18H27NO10/c1-6-7-14(24)19-15-17(27-11(4)22)16(26-10(3)21)13(8-25-9(2)20)29-18(15)28-12(5)23/h13,15-18H,6-8H2,1-5H3,(H,19,24)/t13-,15+,16+,17+,18-/m1/s1. The quantitative estimate of drug-likeness (QED) is 0.423. The van der Waals surface area contributed by atoms with Crippen LogP contribution in [0, 0.1) is 0 Å². The maximum Gasteiger partial charge on any atom is 0.305 e. The highest BCUT2D eigenvalue weighted by atomic mass is 16.7. The third-order valence-electron chi connectivity index (χ3n) is 3.79. The van der Waals surface area contributed by atoms with Crippen molar-refractivity contribution >= 4 is 29.8 Å². The van der Waals surface area contributed by atoms with Gasteiger partial charge in [0, 0.05) is 34.1 Å². The zero-order valence-corrected chi connectivity index (χ0v) is 17.1. The van der Waals surface area contributed by atoms with Gasteiger partial charge in [-0.2, -0.15) is 0 Å². The summed E-state index contributed by atoms with van der Waals surface area (Å²) >= 11 is 0. The minimum Gasteiger partial charge on any atom is -0.463 e. The van der Waals surface area contributed by atoms with Crippen molar-refractivity contribution in [1.82, 2.24) is 5.32 Å². The van der Waals surface area contributed by atoms with Gasteiger partial charge in [-0.1, -0.05) is 6.92 Å². The van der Waals surface area contributed by atoms with Gasteiger partial charge in [-0.3, -0.25) is 24.0 Å². The molecule has 1 rings (SSSR count). The SMILES string of the molecule is CCCC(=O)N[C@@H]1[C@H](OC(C)=O)O[C@H](COC(C)=O)[C@H](OC(C)=O)[C@H]1OC(C)=O. The molecule has 1 aliphatic heterocycles. The Hall–Kier alpha value is -2.69. The Morgan fingerprint density at radius 3 is 1.86 bits per heavy atom. The van der Waals surface area contributed by atoms with Gasteiger partial charge >= 0.3 is 23.9 Å². The molecule has 1 saturated heterocycles. The van der Waals surface area contributed by atoms with Crippen molar-refractivity contribution in [3.05, 3.63) is 0 Å². The summed E-state index contributed by atoms with van der Waals surface area (Å²) in [5.74, 6) is -3.19. The summed E-state index contributed by atoms with van der Waals surface area (Å²) in [5, 5.41) is 2.60. The van der Waals surface area contributed by atoms with Crippen molar-refractivity contribution in [2.75, 3.05) is 6.61 Å². The number of hydrogen-bond donors (Lipinski definition) is 1. The first-order chi connectivity index (χ1) is 13.5.